The number of ether oxygens (including phenoxy) is 1. The number of Topliss-reactive ketones (excluding diaryl/α,β-unsaturated/α-hetero) is 1. The van der Waals surface area contributed by atoms with Crippen LogP contribution in [0.4, 0.5) is 5.69 Å². The number of benzene rings is 1. The van der Waals surface area contributed by atoms with Gasteiger partial charge in [0, 0.05) is 18.1 Å². The number of halogens is 1. The van der Waals surface area contributed by atoms with Crippen molar-refractivity contribution in [3.8, 4) is 0 Å². The highest BCUT2D eigenvalue weighted by atomic mass is 35.5. The Balaban J connectivity index is 1.80. The molecule has 1 aromatic carbocycles. The van der Waals surface area contributed by atoms with Crippen molar-refractivity contribution in [3.05, 3.63) is 28.8 Å². The van der Waals surface area contributed by atoms with Crippen molar-refractivity contribution < 1.29 is 14.3 Å². The van der Waals surface area contributed by atoms with Gasteiger partial charge in [-0.15, -0.1) is 0 Å². The summed E-state index contributed by atoms with van der Waals surface area (Å²) < 4.78 is 5.72. The van der Waals surface area contributed by atoms with Crippen LogP contribution in [0.5, 0.6) is 0 Å². The summed E-state index contributed by atoms with van der Waals surface area (Å²) in [6.45, 7) is 5.80. The van der Waals surface area contributed by atoms with Gasteiger partial charge < -0.3 is 9.64 Å². The minimum atomic E-state index is -0.496. The van der Waals surface area contributed by atoms with E-state index in [2.05, 4.69) is 11.8 Å². The second-order valence-corrected chi connectivity index (χ2v) is 5.73. The molecular formula is C15H17ClN2O3. The van der Waals surface area contributed by atoms with Gasteiger partial charge in [0.2, 0.25) is 0 Å². The number of morpholine rings is 1. The third kappa shape index (κ3) is 2.69. The summed E-state index contributed by atoms with van der Waals surface area (Å²) in [5.74, 6) is -0.986. The van der Waals surface area contributed by atoms with E-state index in [9.17, 15) is 9.59 Å². The van der Waals surface area contributed by atoms with Crippen LogP contribution in [0.2, 0.25) is 5.02 Å². The van der Waals surface area contributed by atoms with Crippen LogP contribution in [0.15, 0.2) is 18.2 Å². The number of ketones is 1. The van der Waals surface area contributed by atoms with Crippen LogP contribution in [0, 0.1) is 0 Å². The number of likely N-dealkylation sites (N-methyl/N-ethyl adjacent to an activating group) is 1. The first-order valence-electron chi connectivity index (χ1n) is 7.10. The molecule has 0 aliphatic carbocycles. The van der Waals surface area contributed by atoms with Crippen LogP contribution in [-0.4, -0.2) is 55.5 Å². The van der Waals surface area contributed by atoms with E-state index >= 15 is 0 Å². The van der Waals surface area contributed by atoms with Crippen molar-refractivity contribution >= 4 is 29.0 Å². The predicted octanol–water partition coefficient (Wildman–Crippen LogP) is 1.59. The van der Waals surface area contributed by atoms with E-state index in [1.165, 1.54) is 4.90 Å². The molecule has 1 atom stereocenters. The van der Waals surface area contributed by atoms with Gasteiger partial charge in [0.25, 0.3) is 11.7 Å². The quantitative estimate of drug-likeness (QED) is 0.796. The lowest BCUT2D eigenvalue weighted by molar-refractivity contribution is -0.115. The minimum Gasteiger partial charge on any atom is -0.374 e. The molecule has 0 spiro atoms. The molecule has 0 aromatic heterocycles. The largest absolute Gasteiger partial charge is 0.374 e. The maximum Gasteiger partial charge on any atom is 0.299 e. The van der Waals surface area contributed by atoms with E-state index in [-0.39, 0.29) is 6.10 Å². The van der Waals surface area contributed by atoms with Crippen molar-refractivity contribution in [3.63, 3.8) is 0 Å². The Morgan fingerprint density at radius 3 is 2.95 bits per heavy atom. The Kier molecular flexibility index (Phi) is 3.97. The summed E-state index contributed by atoms with van der Waals surface area (Å²) in [4.78, 5) is 28.0. The van der Waals surface area contributed by atoms with Gasteiger partial charge in [0.15, 0.2) is 0 Å². The second kappa shape index (κ2) is 5.75. The number of rotatable bonds is 3. The van der Waals surface area contributed by atoms with Gasteiger partial charge in [-0.2, -0.15) is 0 Å². The lowest BCUT2D eigenvalue weighted by Crippen LogP contribution is -2.48. The molecule has 112 valence electrons. The first-order chi connectivity index (χ1) is 10.1. The zero-order valence-corrected chi connectivity index (χ0v) is 12.6. The van der Waals surface area contributed by atoms with Gasteiger partial charge in [-0.3, -0.25) is 14.5 Å². The molecule has 0 N–H and O–H groups in total. The van der Waals surface area contributed by atoms with Gasteiger partial charge >= 0.3 is 0 Å². The van der Waals surface area contributed by atoms with E-state index < -0.39 is 11.7 Å². The number of hydrogen-bond donors (Lipinski definition) is 0. The lowest BCUT2D eigenvalue weighted by atomic mass is 10.1. The zero-order chi connectivity index (χ0) is 15.0. The van der Waals surface area contributed by atoms with Crippen LogP contribution in [0.3, 0.4) is 0 Å². The second-order valence-electron chi connectivity index (χ2n) is 5.29. The smallest absolute Gasteiger partial charge is 0.299 e. The van der Waals surface area contributed by atoms with Crippen LogP contribution in [0.25, 0.3) is 0 Å². The van der Waals surface area contributed by atoms with E-state index in [1.807, 2.05) is 0 Å². The van der Waals surface area contributed by atoms with Gasteiger partial charge in [0.05, 0.1) is 30.5 Å². The normalized spacial score (nSPS) is 22.8. The molecule has 2 aliphatic heterocycles. The summed E-state index contributed by atoms with van der Waals surface area (Å²) in [6.07, 6.45) is -0.0721. The van der Waals surface area contributed by atoms with Crippen molar-refractivity contribution in [1.29, 1.82) is 0 Å². The van der Waals surface area contributed by atoms with Crippen LogP contribution >= 0.6 is 11.6 Å². The first-order valence-corrected chi connectivity index (χ1v) is 7.47. The Labute approximate surface area is 128 Å². The van der Waals surface area contributed by atoms with E-state index in [1.54, 1.807) is 18.2 Å². The maximum atomic E-state index is 12.2. The standard InChI is InChI=1S/C15H17ClN2O3/c1-2-17-5-6-21-11(8-17)9-18-13-4-3-10(16)7-12(13)14(19)15(18)20/h3-4,7,11H,2,5-6,8-9H2,1H3. The Morgan fingerprint density at radius 1 is 1.38 bits per heavy atom. The van der Waals surface area contributed by atoms with E-state index in [4.69, 9.17) is 16.3 Å². The molecule has 0 saturated carbocycles. The van der Waals surface area contributed by atoms with E-state index in [0.717, 1.165) is 19.6 Å². The lowest BCUT2D eigenvalue weighted by Gasteiger charge is -2.34. The minimum absolute atomic E-state index is 0.0721. The summed E-state index contributed by atoms with van der Waals surface area (Å²) in [6, 6.07) is 4.97. The molecule has 3 rings (SSSR count). The van der Waals surface area contributed by atoms with Crippen molar-refractivity contribution in [2.45, 2.75) is 13.0 Å². The Hall–Kier alpha value is -1.43. The number of anilines is 1. The Morgan fingerprint density at radius 2 is 2.19 bits per heavy atom. The maximum absolute atomic E-state index is 12.2. The third-order valence-electron chi connectivity index (χ3n) is 3.99. The molecule has 1 saturated heterocycles. The molecule has 6 heteroatoms. The molecule has 5 nitrogen and oxygen atoms in total. The SMILES string of the molecule is CCN1CCOC(CN2C(=O)C(=O)c3cc(Cl)ccc32)C1. The van der Waals surface area contributed by atoms with Gasteiger partial charge in [-0.25, -0.2) is 0 Å². The Bertz CT molecular complexity index is 590. The summed E-state index contributed by atoms with van der Waals surface area (Å²) >= 11 is 5.90. The highest BCUT2D eigenvalue weighted by Crippen LogP contribution is 2.31. The fourth-order valence-corrected chi connectivity index (χ4v) is 3.01. The van der Waals surface area contributed by atoms with Crippen molar-refractivity contribution in [2.75, 3.05) is 37.7 Å². The average Bonchev–Trinajstić information content (AvgIpc) is 2.72. The number of fused-ring (bicyclic) bond motifs is 1. The molecule has 21 heavy (non-hydrogen) atoms. The van der Waals surface area contributed by atoms with Crippen molar-refractivity contribution in [1.82, 2.24) is 4.90 Å². The van der Waals surface area contributed by atoms with Crippen LogP contribution in [0.1, 0.15) is 17.3 Å². The highest BCUT2D eigenvalue weighted by molar-refractivity contribution is 6.52. The number of carbonyl (C=O) groups is 2. The summed E-state index contributed by atoms with van der Waals surface area (Å²) in [7, 11) is 0. The fourth-order valence-electron chi connectivity index (χ4n) is 2.84. The van der Waals surface area contributed by atoms with Crippen LogP contribution in [-0.2, 0) is 9.53 Å². The van der Waals surface area contributed by atoms with Crippen molar-refractivity contribution in [2.24, 2.45) is 0 Å². The van der Waals surface area contributed by atoms with E-state index in [0.29, 0.717) is 29.4 Å². The number of hydrogen-bond acceptors (Lipinski definition) is 4. The van der Waals surface area contributed by atoms with Gasteiger partial charge in [-0.1, -0.05) is 18.5 Å². The number of carbonyl (C=O) groups excluding carboxylic acids is 2. The van der Waals surface area contributed by atoms with Gasteiger partial charge in [-0.05, 0) is 24.7 Å². The molecule has 1 amide bonds. The molecule has 2 aliphatic rings. The fraction of sp³-hybridized carbons (Fsp3) is 0.467. The molecular weight excluding hydrogens is 292 g/mol. The molecule has 0 bridgehead atoms. The highest BCUT2D eigenvalue weighted by Gasteiger charge is 2.37. The number of amides is 1. The first kappa shape index (κ1) is 14.5. The van der Waals surface area contributed by atoms with Gasteiger partial charge in [0.1, 0.15) is 0 Å². The number of nitrogens with zero attached hydrogens (tertiary/aromatic N) is 2. The molecule has 1 unspecified atom stereocenters. The summed E-state index contributed by atoms with van der Waals surface area (Å²) in [5, 5.41) is 0.461. The molecule has 1 fully saturated rings. The average molecular weight is 309 g/mol. The molecule has 1 aromatic rings. The summed E-state index contributed by atoms with van der Waals surface area (Å²) in [5.41, 5.74) is 1.02. The monoisotopic (exact) mass is 308 g/mol. The van der Waals surface area contributed by atoms with Crippen LogP contribution < -0.4 is 4.90 Å². The predicted molar refractivity (Wildman–Crippen MR) is 80.0 cm³/mol. The zero-order valence-electron chi connectivity index (χ0n) is 11.8. The molecule has 0 radical (unpaired) electrons. The topological polar surface area (TPSA) is 49.9 Å². The third-order valence-corrected chi connectivity index (χ3v) is 4.22. The molecule has 2 heterocycles.